The molecular weight excluding hydrogens is 222 g/mol. The van der Waals surface area contributed by atoms with Gasteiger partial charge < -0.3 is 5.73 Å². The van der Waals surface area contributed by atoms with Crippen LogP contribution in [0.2, 0.25) is 0 Å². The number of aromatic nitrogens is 6. The molecule has 0 aliphatic carbocycles. The standard InChI is InChI=1S/C5H7N7S2/c1-12-5(8-9-10-12)13-2-3-4(6)14-11-7-3/h2,6H2,1H3. The molecule has 7 nitrogen and oxygen atoms in total. The van der Waals surface area contributed by atoms with Crippen LogP contribution in [0.1, 0.15) is 5.69 Å². The first-order valence-corrected chi connectivity index (χ1v) is 5.45. The minimum Gasteiger partial charge on any atom is -0.388 e. The lowest BCUT2D eigenvalue weighted by atomic mass is 10.5. The number of nitrogens with two attached hydrogens (primary N) is 1. The van der Waals surface area contributed by atoms with Crippen molar-refractivity contribution in [3.05, 3.63) is 5.69 Å². The number of hydrogen-bond donors (Lipinski definition) is 1. The van der Waals surface area contributed by atoms with E-state index in [-0.39, 0.29) is 0 Å². The Labute approximate surface area is 87.9 Å². The molecular formula is C5H7N7S2. The van der Waals surface area contributed by atoms with E-state index in [9.17, 15) is 0 Å². The Morgan fingerprint density at radius 1 is 1.50 bits per heavy atom. The number of tetrazole rings is 1. The molecule has 0 saturated heterocycles. The van der Waals surface area contributed by atoms with Crippen molar-refractivity contribution >= 4 is 28.3 Å². The van der Waals surface area contributed by atoms with E-state index >= 15 is 0 Å². The Hall–Kier alpha value is -1.22. The maximum absolute atomic E-state index is 5.64. The van der Waals surface area contributed by atoms with E-state index in [0.29, 0.717) is 10.8 Å². The summed E-state index contributed by atoms with van der Waals surface area (Å²) in [5.41, 5.74) is 6.42. The number of rotatable bonds is 3. The van der Waals surface area contributed by atoms with E-state index in [1.54, 1.807) is 11.7 Å². The Balaban J connectivity index is 2.02. The van der Waals surface area contributed by atoms with Gasteiger partial charge in [-0.2, -0.15) is 0 Å². The molecule has 0 bridgehead atoms. The van der Waals surface area contributed by atoms with Crippen molar-refractivity contribution in [1.82, 2.24) is 29.8 Å². The molecule has 0 atom stereocenters. The number of thioether (sulfide) groups is 1. The van der Waals surface area contributed by atoms with E-state index in [1.165, 1.54) is 23.3 Å². The van der Waals surface area contributed by atoms with Crippen molar-refractivity contribution in [3.63, 3.8) is 0 Å². The first-order chi connectivity index (χ1) is 6.77. The summed E-state index contributed by atoms with van der Waals surface area (Å²) in [5, 5.41) is 16.3. The zero-order valence-electron chi connectivity index (χ0n) is 7.28. The topological polar surface area (TPSA) is 95.4 Å². The van der Waals surface area contributed by atoms with Crippen molar-refractivity contribution in [2.45, 2.75) is 10.9 Å². The van der Waals surface area contributed by atoms with Gasteiger partial charge in [-0.05, 0) is 10.4 Å². The van der Waals surface area contributed by atoms with Gasteiger partial charge in [0.1, 0.15) is 10.7 Å². The maximum Gasteiger partial charge on any atom is 0.209 e. The third kappa shape index (κ3) is 1.82. The molecule has 2 heterocycles. The van der Waals surface area contributed by atoms with Gasteiger partial charge in [-0.15, -0.1) is 10.2 Å². The Kier molecular flexibility index (Phi) is 2.59. The maximum atomic E-state index is 5.64. The van der Waals surface area contributed by atoms with E-state index < -0.39 is 0 Å². The second-order valence-electron chi connectivity index (χ2n) is 2.46. The number of aryl methyl sites for hydroxylation is 1. The van der Waals surface area contributed by atoms with Crippen molar-refractivity contribution in [1.29, 1.82) is 0 Å². The van der Waals surface area contributed by atoms with Gasteiger partial charge in [-0.3, -0.25) is 0 Å². The molecule has 2 N–H and O–H groups in total. The minimum absolute atomic E-state index is 0.635. The zero-order chi connectivity index (χ0) is 9.97. The SMILES string of the molecule is Cn1nnnc1SCc1nnsc1N. The predicted octanol–water partition coefficient (Wildman–Crippen LogP) is -0.0639. The average Bonchev–Trinajstić information content (AvgIpc) is 2.72. The third-order valence-corrected chi connectivity index (χ3v) is 3.12. The molecule has 2 aromatic heterocycles. The van der Waals surface area contributed by atoms with Gasteiger partial charge in [0.15, 0.2) is 0 Å². The lowest BCUT2D eigenvalue weighted by molar-refractivity contribution is 0.664. The summed E-state index contributed by atoms with van der Waals surface area (Å²) in [6, 6.07) is 0. The van der Waals surface area contributed by atoms with Crippen molar-refractivity contribution < 1.29 is 0 Å². The summed E-state index contributed by atoms with van der Waals surface area (Å²) < 4.78 is 5.34. The summed E-state index contributed by atoms with van der Waals surface area (Å²) in [7, 11) is 1.78. The highest BCUT2D eigenvalue weighted by Gasteiger charge is 2.08. The van der Waals surface area contributed by atoms with Crippen molar-refractivity contribution in [3.8, 4) is 0 Å². The van der Waals surface area contributed by atoms with Crippen LogP contribution in [0.25, 0.3) is 0 Å². The fourth-order valence-corrected chi connectivity index (χ4v) is 2.13. The summed E-state index contributed by atoms with van der Waals surface area (Å²) >= 11 is 2.67. The second kappa shape index (κ2) is 3.88. The van der Waals surface area contributed by atoms with Gasteiger partial charge in [0.05, 0.1) is 0 Å². The molecule has 0 fully saturated rings. The van der Waals surface area contributed by atoms with Gasteiger partial charge in [-0.1, -0.05) is 16.3 Å². The average molecular weight is 229 g/mol. The van der Waals surface area contributed by atoms with Crippen LogP contribution in [0.15, 0.2) is 5.16 Å². The van der Waals surface area contributed by atoms with E-state index in [1.807, 2.05) is 0 Å². The highest BCUT2D eigenvalue weighted by molar-refractivity contribution is 7.98. The van der Waals surface area contributed by atoms with Gasteiger partial charge in [0, 0.05) is 24.3 Å². The van der Waals surface area contributed by atoms with Gasteiger partial charge in [-0.25, -0.2) is 4.68 Å². The molecule has 9 heteroatoms. The molecule has 2 rings (SSSR count). The first kappa shape index (κ1) is 9.34. The molecule has 74 valence electrons. The van der Waals surface area contributed by atoms with Crippen LogP contribution in [-0.4, -0.2) is 29.8 Å². The quantitative estimate of drug-likeness (QED) is 0.736. The molecule has 0 saturated carbocycles. The van der Waals surface area contributed by atoms with Gasteiger partial charge in [0.25, 0.3) is 0 Å². The van der Waals surface area contributed by atoms with Crippen LogP contribution in [0, 0.1) is 0 Å². The normalized spacial score (nSPS) is 10.6. The van der Waals surface area contributed by atoms with E-state index in [2.05, 4.69) is 25.1 Å². The van der Waals surface area contributed by atoms with Crippen LogP contribution < -0.4 is 5.73 Å². The highest BCUT2D eigenvalue weighted by atomic mass is 32.2. The Morgan fingerprint density at radius 2 is 2.36 bits per heavy atom. The summed E-state index contributed by atoms with van der Waals surface area (Å²) in [6.07, 6.45) is 0. The Bertz CT molecular complexity index is 381. The monoisotopic (exact) mass is 229 g/mol. The number of anilines is 1. The molecule has 0 aromatic carbocycles. The lowest BCUT2D eigenvalue weighted by Crippen LogP contribution is -1.94. The van der Waals surface area contributed by atoms with Crippen LogP contribution in [0.4, 0.5) is 5.00 Å². The smallest absolute Gasteiger partial charge is 0.209 e. The second-order valence-corrected chi connectivity index (χ2v) is 4.19. The number of nitrogens with zero attached hydrogens (tertiary/aromatic N) is 6. The molecule has 0 aliphatic rings. The predicted molar refractivity (Wildman–Crippen MR) is 52.7 cm³/mol. The largest absolute Gasteiger partial charge is 0.388 e. The zero-order valence-corrected chi connectivity index (χ0v) is 8.92. The summed E-state index contributed by atoms with van der Waals surface area (Å²) in [6.45, 7) is 0. The first-order valence-electron chi connectivity index (χ1n) is 3.69. The van der Waals surface area contributed by atoms with E-state index in [4.69, 9.17) is 5.73 Å². The van der Waals surface area contributed by atoms with Crippen LogP contribution in [0.5, 0.6) is 0 Å². The Morgan fingerprint density at radius 3 is 2.93 bits per heavy atom. The van der Waals surface area contributed by atoms with Crippen LogP contribution >= 0.6 is 23.3 Å². The number of hydrogen-bond acceptors (Lipinski definition) is 8. The van der Waals surface area contributed by atoms with Crippen LogP contribution in [-0.2, 0) is 12.8 Å². The van der Waals surface area contributed by atoms with Crippen molar-refractivity contribution in [2.75, 3.05) is 5.73 Å². The molecule has 0 radical (unpaired) electrons. The molecule has 0 amide bonds. The van der Waals surface area contributed by atoms with Crippen LogP contribution in [0.3, 0.4) is 0 Å². The highest BCUT2D eigenvalue weighted by Crippen LogP contribution is 2.22. The molecule has 0 unspecified atom stereocenters. The summed E-state index contributed by atoms with van der Waals surface area (Å²) in [4.78, 5) is 0. The fourth-order valence-electron chi connectivity index (χ4n) is 0.792. The lowest BCUT2D eigenvalue weighted by Gasteiger charge is -1.95. The van der Waals surface area contributed by atoms with Gasteiger partial charge in [0.2, 0.25) is 5.16 Å². The summed E-state index contributed by atoms with van der Waals surface area (Å²) in [5.74, 6) is 0.635. The molecule has 0 spiro atoms. The fraction of sp³-hybridized carbons (Fsp3) is 0.400. The minimum atomic E-state index is 0.635. The molecule has 0 aliphatic heterocycles. The third-order valence-electron chi connectivity index (χ3n) is 1.50. The van der Waals surface area contributed by atoms with Crippen molar-refractivity contribution in [2.24, 2.45) is 7.05 Å². The van der Waals surface area contributed by atoms with E-state index in [0.717, 1.165) is 10.9 Å². The number of nitrogen functional groups attached to an aromatic ring is 1. The van der Waals surface area contributed by atoms with Gasteiger partial charge >= 0.3 is 0 Å². The molecule has 14 heavy (non-hydrogen) atoms. The molecule has 2 aromatic rings.